The van der Waals surface area contributed by atoms with Crippen molar-refractivity contribution in [3.63, 3.8) is 0 Å². The number of hydrogen-bond acceptors (Lipinski definition) is 4. The molecule has 6 nitrogen and oxygen atoms in total. The van der Waals surface area contributed by atoms with Crippen LogP contribution in [0.25, 0.3) is 0 Å². The van der Waals surface area contributed by atoms with Gasteiger partial charge in [-0.15, -0.1) is 0 Å². The Morgan fingerprint density at radius 3 is 2.52 bits per heavy atom. The lowest BCUT2D eigenvalue weighted by molar-refractivity contribution is -0.139. The second-order valence-corrected chi connectivity index (χ2v) is 7.17. The number of halogens is 1. The summed E-state index contributed by atoms with van der Waals surface area (Å²) in [5, 5.41) is 10.8. The van der Waals surface area contributed by atoms with Crippen LogP contribution in [0.2, 0.25) is 0 Å². The Morgan fingerprint density at radius 1 is 1.10 bits per heavy atom. The van der Waals surface area contributed by atoms with E-state index in [9.17, 15) is 14.0 Å². The van der Waals surface area contributed by atoms with Gasteiger partial charge in [-0.3, -0.25) is 9.59 Å². The molecule has 0 aromatic heterocycles. The first-order chi connectivity index (χ1) is 13.9. The summed E-state index contributed by atoms with van der Waals surface area (Å²) >= 11 is 0. The molecule has 2 heterocycles. The summed E-state index contributed by atoms with van der Waals surface area (Å²) in [6, 6.07) is 13.1. The van der Waals surface area contributed by atoms with E-state index in [1.54, 1.807) is 45.2 Å². The van der Waals surface area contributed by atoms with Crippen molar-refractivity contribution in [1.29, 1.82) is 0 Å². The predicted molar refractivity (Wildman–Crippen MR) is 109 cm³/mol. The molecule has 2 aromatic rings. The summed E-state index contributed by atoms with van der Waals surface area (Å²) in [4.78, 5) is 26.8. The zero-order valence-corrected chi connectivity index (χ0v) is 16.3. The molecular weight excluding hydrogens is 371 g/mol. The van der Waals surface area contributed by atoms with Crippen molar-refractivity contribution < 1.29 is 14.0 Å². The van der Waals surface area contributed by atoms with Gasteiger partial charge in [0.05, 0.1) is 11.9 Å². The maximum Gasteiger partial charge on any atom is 0.286 e. The van der Waals surface area contributed by atoms with Crippen LogP contribution in [0.15, 0.2) is 70.4 Å². The van der Waals surface area contributed by atoms with E-state index in [0.29, 0.717) is 16.8 Å². The number of benzene rings is 2. The molecule has 4 rings (SSSR count). The second-order valence-electron chi connectivity index (χ2n) is 7.17. The first-order valence-corrected chi connectivity index (χ1v) is 9.14. The molecule has 2 amide bonds. The highest BCUT2D eigenvalue weighted by Gasteiger charge is 2.59. The van der Waals surface area contributed by atoms with Gasteiger partial charge in [-0.1, -0.05) is 42.0 Å². The highest BCUT2D eigenvalue weighted by Crippen LogP contribution is 2.43. The van der Waals surface area contributed by atoms with Crippen molar-refractivity contribution >= 4 is 29.4 Å². The fourth-order valence-corrected chi connectivity index (χ4v) is 3.71. The molecule has 146 valence electrons. The Hall–Kier alpha value is -3.61. The van der Waals surface area contributed by atoms with Gasteiger partial charge < -0.3 is 0 Å². The standard InChI is InChI=1S/C22H19FN4O2/c1-14(2)12-20(28)27-22(17-9-5-4-8-16(17)13-24-27)15(3)25-26(21(22)29)19-11-7-6-10-18(19)23/h4-13H,1-3H3. The zero-order valence-electron chi connectivity index (χ0n) is 16.3. The molecule has 7 heteroatoms. The van der Waals surface area contributed by atoms with E-state index in [-0.39, 0.29) is 5.69 Å². The minimum Gasteiger partial charge on any atom is -0.269 e. The summed E-state index contributed by atoms with van der Waals surface area (Å²) in [7, 11) is 0. The molecule has 0 bridgehead atoms. The predicted octanol–water partition coefficient (Wildman–Crippen LogP) is 3.59. The number of carbonyl (C=O) groups is 2. The molecule has 0 fully saturated rings. The second kappa shape index (κ2) is 6.77. The highest BCUT2D eigenvalue weighted by atomic mass is 19.1. The van der Waals surface area contributed by atoms with Gasteiger partial charge in [-0.2, -0.15) is 15.2 Å². The molecule has 1 unspecified atom stereocenters. The van der Waals surface area contributed by atoms with E-state index in [1.807, 2.05) is 12.1 Å². The molecule has 0 saturated heterocycles. The number of nitrogens with zero attached hydrogens (tertiary/aromatic N) is 4. The summed E-state index contributed by atoms with van der Waals surface area (Å²) < 4.78 is 14.4. The summed E-state index contributed by atoms with van der Waals surface area (Å²) in [6.07, 6.45) is 2.96. The summed E-state index contributed by atoms with van der Waals surface area (Å²) in [5.74, 6) is -1.59. The van der Waals surface area contributed by atoms with Gasteiger partial charge in [0, 0.05) is 17.2 Å². The van der Waals surface area contributed by atoms with Crippen molar-refractivity contribution in [2.24, 2.45) is 10.2 Å². The maximum absolute atomic E-state index is 14.4. The minimum atomic E-state index is -1.57. The van der Waals surface area contributed by atoms with Crippen molar-refractivity contribution in [3.05, 3.63) is 77.1 Å². The normalized spacial score (nSPS) is 20.0. The number of amides is 2. The van der Waals surface area contributed by atoms with Gasteiger partial charge in [0.1, 0.15) is 11.5 Å². The van der Waals surface area contributed by atoms with Crippen molar-refractivity contribution in [3.8, 4) is 0 Å². The molecular formula is C22H19FN4O2. The number of hydrazone groups is 2. The van der Waals surface area contributed by atoms with Gasteiger partial charge in [-0.05, 0) is 32.9 Å². The number of carbonyl (C=O) groups excluding carboxylic acids is 2. The van der Waals surface area contributed by atoms with Crippen molar-refractivity contribution in [2.75, 3.05) is 5.01 Å². The maximum atomic E-state index is 14.4. The van der Waals surface area contributed by atoms with Gasteiger partial charge >= 0.3 is 0 Å². The molecule has 0 saturated carbocycles. The SMILES string of the molecule is CC(C)=CC(=O)N1N=Cc2ccccc2C12C(=O)N(c1ccccc1F)N=C2C. The van der Waals surface area contributed by atoms with Gasteiger partial charge in [-0.25, -0.2) is 9.40 Å². The third-order valence-corrected chi connectivity index (χ3v) is 4.96. The van der Waals surface area contributed by atoms with E-state index in [2.05, 4.69) is 10.2 Å². The lowest BCUT2D eigenvalue weighted by atomic mass is 9.80. The van der Waals surface area contributed by atoms with Gasteiger partial charge in [0.15, 0.2) is 0 Å². The first kappa shape index (κ1) is 18.7. The average Bonchev–Trinajstić information content (AvgIpc) is 2.94. The van der Waals surface area contributed by atoms with Crippen LogP contribution >= 0.6 is 0 Å². The molecule has 1 spiro atoms. The molecule has 29 heavy (non-hydrogen) atoms. The fourth-order valence-electron chi connectivity index (χ4n) is 3.71. The van der Waals surface area contributed by atoms with E-state index >= 15 is 0 Å². The number of anilines is 1. The van der Waals surface area contributed by atoms with E-state index < -0.39 is 23.2 Å². The molecule has 0 radical (unpaired) electrons. The first-order valence-electron chi connectivity index (χ1n) is 9.14. The van der Waals surface area contributed by atoms with Crippen LogP contribution in [0.3, 0.4) is 0 Å². The Bertz CT molecular complexity index is 1120. The van der Waals surface area contributed by atoms with E-state index in [4.69, 9.17) is 0 Å². The van der Waals surface area contributed by atoms with Crippen LogP contribution in [-0.2, 0) is 15.1 Å². The molecule has 2 aliphatic rings. The largest absolute Gasteiger partial charge is 0.286 e. The highest BCUT2D eigenvalue weighted by molar-refractivity contribution is 6.25. The van der Waals surface area contributed by atoms with E-state index in [0.717, 1.165) is 15.6 Å². The van der Waals surface area contributed by atoms with Crippen molar-refractivity contribution in [2.45, 2.75) is 26.3 Å². The summed E-state index contributed by atoms with van der Waals surface area (Å²) in [6.45, 7) is 5.23. The monoisotopic (exact) mass is 390 g/mol. The van der Waals surface area contributed by atoms with Crippen LogP contribution in [0, 0.1) is 5.82 Å². The third kappa shape index (κ3) is 2.69. The van der Waals surface area contributed by atoms with Crippen LogP contribution in [0.5, 0.6) is 0 Å². The lowest BCUT2D eigenvalue weighted by Gasteiger charge is -2.39. The Labute approximate surface area is 167 Å². The van der Waals surface area contributed by atoms with Crippen LogP contribution in [-0.4, -0.2) is 28.7 Å². The number of hydrogen-bond donors (Lipinski definition) is 0. The third-order valence-electron chi connectivity index (χ3n) is 4.96. The topological polar surface area (TPSA) is 65.3 Å². The Balaban J connectivity index is 1.94. The van der Waals surface area contributed by atoms with Crippen LogP contribution in [0.1, 0.15) is 31.9 Å². The number of para-hydroxylation sites is 1. The smallest absolute Gasteiger partial charge is 0.269 e. The molecule has 0 N–H and O–H groups in total. The number of fused-ring (bicyclic) bond motifs is 2. The number of allylic oxidation sites excluding steroid dienone is 1. The van der Waals surface area contributed by atoms with Gasteiger partial charge in [0.2, 0.25) is 5.54 Å². The Morgan fingerprint density at radius 2 is 1.79 bits per heavy atom. The fraction of sp³-hybridized carbons (Fsp3) is 0.182. The van der Waals surface area contributed by atoms with Crippen LogP contribution in [0.4, 0.5) is 10.1 Å². The molecule has 2 aliphatic heterocycles. The molecule has 0 aliphatic carbocycles. The van der Waals surface area contributed by atoms with Gasteiger partial charge in [0.25, 0.3) is 11.8 Å². The quantitative estimate of drug-likeness (QED) is 0.736. The molecule has 2 aromatic carbocycles. The number of rotatable bonds is 2. The zero-order chi connectivity index (χ0) is 20.8. The van der Waals surface area contributed by atoms with E-state index in [1.165, 1.54) is 24.3 Å². The minimum absolute atomic E-state index is 0.0235. The van der Waals surface area contributed by atoms with Crippen molar-refractivity contribution in [1.82, 2.24) is 5.01 Å². The average molecular weight is 390 g/mol. The molecule has 1 atom stereocenters. The lowest BCUT2D eigenvalue weighted by Crippen LogP contribution is -2.58. The summed E-state index contributed by atoms with van der Waals surface area (Å²) in [5.41, 5.74) is 0.838. The Kier molecular flexibility index (Phi) is 4.38. The van der Waals surface area contributed by atoms with Crippen LogP contribution < -0.4 is 5.01 Å².